The van der Waals surface area contributed by atoms with Crippen molar-refractivity contribution in [2.75, 3.05) is 0 Å². The normalized spacial score (nSPS) is 12.1. The molecule has 0 aromatic carbocycles. The lowest BCUT2D eigenvalue weighted by Crippen LogP contribution is -2.22. The van der Waals surface area contributed by atoms with Crippen LogP contribution in [-0.4, -0.2) is 9.78 Å². The highest BCUT2D eigenvalue weighted by Crippen LogP contribution is 2.17. The molecule has 0 aliphatic rings. The number of hydrogen-bond acceptors (Lipinski definition) is 1. The Morgan fingerprint density at radius 1 is 1.50 bits per heavy atom. The van der Waals surface area contributed by atoms with E-state index in [1.54, 1.807) is 0 Å². The van der Waals surface area contributed by atoms with E-state index in [4.69, 9.17) is 0 Å². The average Bonchev–Trinajstić information content (AvgIpc) is 2.29. The number of rotatable bonds is 1. The number of aryl methyl sites for hydroxylation is 1. The molecule has 0 bridgehead atoms. The molecular formula is C9H15BrN2. The standard InChI is InChI=1S/C9H15BrN2/c1-7-8(5-10)6-12(11-7)9(2,3)4/h6H,5H2,1-4H3. The molecule has 0 saturated heterocycles. The number of aromatic nitrogens is 2. The van der Waals surface area contributed by atoms with Gasteiger partial charge < -0.3 is 0 Å². The number of nitrogens with zero attached hydrogens (tertiary/aromatic N) is 2. The largest absolute Gasteiger partial charge is 0.267 e. The zero-order valence-corrected chi connectivity index (χ0v) is 9.64. The average molecular weight is 231 g/mol. The van der Waals surface area contributed by atoms with E-state index in [1.165, 1.54) is 5.56 Å². The molecule has 0 spiro atoms. The Labute approximate surface area is 82.1 Å². The van der Waals surface area contributed by atoms with E-state index in [0.29, 0.717) is 0 Å². The van der Waals surface area contributed by atoms with Crippen molar-refractivity contribution in [3.8, 4) is 0 Å². The summed E-state index contributed by atoms with van der Waals surface area (Å²) in [6.07, 6.45) is 2.10. The molecule has 2 nitrogen and oxygen atoms in total. The lowest BCUT2D eigenvalue weighted by Gasteiger charge is -2.18. The van der Waals surface area contributed by atoms with Gasteiger partial charge in [0.2, 0.25) is 0 Å². The quantitative estimate of drug-likeness (QED) is 0.679. The summed E-state index contributed by atoms with van der Waals surface area (Å²) in [5.41, 5.74) is 2.47. The van der Waals surface area contributed by atoms with Crippen LogP contribution in [0.25, 0.3) is 0 Å². The third-order valence-electron chi connectivity index (χ3n) is 1.83. The maximum absolute atomic E-state index is 4.44. The molecule has 1 aromatic rings. The molecule has 0 fully saturated rings. The van der Waals surface area contributed by atoms with Crippen molar-refractivity contribution >= 4 is 15.9 Å². The SMILES string of the molecule is Cc1nn(C(C)(C)C)cc1CBr. The first-order valence-corrected chi connectivity index (χ1v) is 5.19. The van der Waals surface area contributed by atoms with Gasteiger partial charge in [-0.2, -0.15) is 5.10 Å². The van der Waals surface area contributed by atoms with Crippen LogP contribution in [0.4, 0.5) is 0 Å². The second kappa shape index (κ2) is 3.21. The Morgan fingerprint density at radius 3 is 2.33 bits per heavy atom. The minimum absolute atomic E-state index is 0.0885. The maximum Gasteiger partial charge on any atom is 0.0634 e. The highest BCUT2D eigenvalue weighted by Gasteiger charge is 2.15. The molecule has 3 heteroatoms. The van der Waals surface area contributed by atoms with Gasteiger partial charge in [0, 0.05) is 17.1 Å². The minimum atomic E-state index is 0.0885. The van der Waals surface area contributed by atoms with Gasteiger partial charge >= 0.3 is 0 Å². The van der Waals surface area contributed by atoms with Crippen molar-refractivity contribution in [1.82, 2.24) is 9.78 Å². The molecule has 0 amide bonds. The number of alkyl halides is 1. The van der Waals surface area contributed by atoms with Crippen LogP contribution in [0.2, 0.25) is 0 Å². The summed E-state index contributed by atoms with van der Waals surface area (Å²) in [6.45, 7) is 8.49. The van der Waals surface area contributed by atoms with Crippen LogP contribution in [0.15, 0.2) is 6.20 Å². The van der Waals surface area contributed by atoms with Crippen LogP contribution in [0.1, 0.15) is 32.0 Å². The molecule has 12 heavy (non-hydrogen) atoms. The zero-order chi connectivity index (χ0) is 9.35. The monoisotopic (exact) mass is 230 g/mol. The van der Waals surface area contributed by atoms with Gasteiger partial charge in [0.1, 0.15) is 0 Å². The highest BCUT2D eigenvalue weighted by atomic mass is 79.9. The smallest absolute Gasteiger partial charge is 0.0634 e. The molecule has 0 saturated carbocycles. The summed E-state index contributed by atoms with van der Waals surface area (Å²) >= 11 is 3.44. The fraction of sp³-hybridized carbons (Fsp3) is 0.667. The summed E-state index contributed by atoms with van der Waals surface area (Å²) < 4.78 is 2.01. The van der Waals surface area contributed by atoms with Crippen LogP contribution in [0, 0.1) is 6.92 Å². The van der Waals surface area contributed by atoms with E-state index in [-0.39, 0.29) is 5.54 Å². The highest BCUT2D eigenvalue weighted by molar-refractivity contribution is 9.08. The van der Waals surface area contributed by atoms with Crippen LogP contribution in [-0.2, 0) is 10.9 Å². The van der Waals surface area contributed by atoms with Gasteiger partial charge in [0.15, 0.2) is 0 Å². The van der Waals surface area contributed by atoms with E-state index < -0.39 is 0 Å². The lowest BCUT2D eigenvalue weighted by atomic mass is 10.1. The van der Waals surface area contributed by atoms with Gasteiger partial charge in [-0.15, -0.1) is 0 Å². The van der Waals surface area contributed by atoms with Crippen molar-refractivity contribution in [2.45, 2.75) is 38.6 Å². The van der Waals surface area contributed by atoms with Gasteiger partial charge in [-0.3, -0.25) is 4.68 Å². The fourth-order valence-corrected chi connectivity index (χ4v) is 1.52. The van der Waals surface area contributed by atoms with Crippen LogP contribution < -0.4 is 0 Å². The molecule has 0 atom stereocenters. The molecule has 0 aliphatic heterocycles. The van der Waals surface area contributed by atoms with Crippen LogP contribution in [0.5, 0.6) is 0 Å². The molecule has 0 radical (unpaired) electrons. The second-order valence-corrected chi connectivity index (χ2v) is 4.55. The van der Waals surface area contributed by atoms with Crippen molar-refractivity contribution in [3.63, 3.8) is 0 Å². The van der Waals surface area contributed by atoms with E-state index in [2.05, 4.69) is 48.0 Å². The third-order valence-corrected chi connectivity index (χ3v) is 2.44. The van der Waals surface area contributed by atoms with E-state index >= 15 is 0 Å². The van der Waals surface area contributed by atoms with Crippen molar-refractivity contribution in [3.05, 3.63) is 17.5 Å². The molecule has 0 aliphatic carbocycles. The van der Waals surface area contributed by atoms with Crippen molar-refractivity contribution < 1.29 is 0 Å². The molecule has 1 rings (SSSR count). The van der Waals surface area contributed by atoms with Crippen LogP contribution >= 0.6 is 15.9 Å². The molecule has 0 unspecified atom stereocenters. The van der Waals surface area contributed by atoms with Gasteiger partial charge in [0.25, 0.3) is 0 Å². The predicted octanol–water partition coefficient (Wildman–Crippen LogP) is 2.84. The summed E-state index contributed by atoms with van der Waals surface area (Å²) in [7, 11) is 0. The first-order chi connectivity index (χ1) is 5.45. The van der Waals surface area contributed by atoms with Gasteiger partial charge in [-0.05, 0) is 27.7 Å². The lowest BCUT2D eigenvalue weighted by molar-refractivity contribution is 0.354. The number of hydrogen-bond donors (Lipinski definition) is 0. The Kier molecular flexibility index (Phi) is 2.61. The second-order valence-electron chi connectivity index (χ2n) is 3.99. The number of halogens is 1. The topological polar surface area (TPSA) is 17.8 Å². The molecular weight excluding hydrogens is 216 g/mol. The molecule has 1 heterocycles. The van der Waals surface area contributed by atoms with Crippen molar-refractivity contribution in [1.29, 1.82) is 0 Å². The summed E-state index contributed by atoms with van der Waals surface area (Å²) in [5.74, 6) is 0. The molecule has 1 aromatic heterocycles. The Morgan fingerprint density at radius 2 is 2.08 bits per heavy atom. The molecule has 68 valence electrons. The van der Waals surface area contributed by atoms with Crippen LogP contribution in [0.3, 0.4) is 0 Å². The summed E-state index contributed by atoms with van der Waals surface area (Å²) in [5, 5.41) is 5.32. The van der Waals surface area contributed by atoms with Gasteiger partial charge in [0.05, 0.1) is 11.2 Å². The Balaban J connectivity index is 3.05. The van der Waals surface area contributed by atoms with Crippen molar-refractivity contribution in [2.24, 2.45) is 0 Å². The first kappa shape index (κ1) is 9.78. The minimum Gasteiger partial charge on any atom is -0.267 e. The fourth-order valence-electron chi connectivity index (χ4n) is 0.971. The Bertz CT molecular complexity index is 271. The van der Waals surface area contributed by atoms with E-state index in [0.717, 1.165) is 11.0 Å². The maximum atomic E-state index is 4.44. The van der Waals surface area contributed by atoms with Gasteiger partial charge in [-0.1, -0.05) is 15.9 Å². The van der Waals surface area contributed by atoms with E-state index in [9.17, 15) is 0 Å². The zero-order valence-electron chi connectivity index (χ0n) is 8.06. The summed E-state index contributed by atoms with van der Waals surface area (Å²) in [4.78, 5) is 0. The third kappa shape index (κ3) is 1.89. The molecule has 0 N–H and O–H groups in total. The predicted molar refractivity (Wildman–Crippen MR) is 54.6 cm³/mol. The Hall–Kier alpha value is -0.310. The van der Waals surface area contributed by atoms with Gasteiger partial charge in [-0.25, -0.2) is 0 Å². The van der Waals surface area contributed by atoms with E-state index in [1.807, 2.05) is 11.6 Å². The first-order valence-electron chi connectivity index (χ1n) is 4.06. The summed E-state index contributed by atoms with van der Waals surface area (Å²) in [6, 6.07) is 0.